The highest BCUT2D eigenvalue weighted by atomic mass is 79.9. The van der Waals surface area contributed by atoms with E-state index in [9.17, 15) is 0 Å². The molecule has 4 heteroatoms. The molecule has 1 heterocycles. The zero-order chi connectivity index (χ0) is 10.6. The molecule has 0 N–H and O–H groups in total. The predicted molar refractivity (Wildman–Crippen MR) is 63.8 cm³/mol. The minimum atomic E-state index is 1.01. The van der Waals surface area contributed by atoms with E-state index in [-0.39, 0.29) is 0 Å². The van der Waals surface area contributed by atoms with Crippen LogP contribution in [0.1, 0.15) is 0 Å². The van der Waals surface area contributed by atoms with Gasteiger partial charge in [0.25, 0.3) is 0 Å². The molecular weight excluding hydrogens is 242 g/mol. The number of hydrogen-bond acceptors (Lipinski definition) is 3. The van der Waals surface area contributed by atoms with Crippen LogP contribution in [0.15, 0.2) is 22.9 Å². The van der Waals surface area contributed by atoms with Gasteiger partial charge in [0.2, 0.25) is 0 Å². The van der Waals surface area contributed by atoms with Crippen LogP contribution in [0.4, 0.5) is 5.69 Å². The average Bonchev–Trinajstić information content (AvgIpc) is 2.14. The van der Waals surface area contributed by atoms with E-state index in [0.717, 1.165) is 23.2 Å². The highest BCUT2D eigenvalue weighted by molar-refractivity contribution is 9.10. The lowest BCUT2D eigenvalue weighted by Gasteiger charge is -2.21. The lowest BCUT2D eigenvalue weighted by molar-refractivity contribution is 0.416. The molecular formula is C10H16BrN3. The van der Waals surface area contributed by atoms with Crippen molar-refractivity contribution < 1.29 is 0 Å². The minimum Gasteiger partial charge on any atom is -0.372 e. The predicted octanol–water partition coefficient (Wildman–Crippen LogP) is 1.84. The van der Waals surface area contributed by atoms with Crippen LogP contribution in [0.5, 0.6) is 0 Å². The maximum absolute atomic E-state index is 4.13. The topological polar surface area (TPSA) is 19.4 Å². The number of likely N-dealkylation sites (N-methyl/N-ethyl adjacent to an activating group) is 2. The molecule has 0 saturated heterocycles. The lowest BCUT2D eigenvalue weighted by Crippen LogP contribution is -2.28. The Bertz CT molecular complexity index is 288. The smallest absolute Gasteiger partial charge is 0.0561 e. The zero-order valence-electron chi connectivity index (χ0n) is 8.87. The van der Waals surface area contributed by atoms with E-state index in [0.29, 0.717) is 0 Å². The van der Waals surface area contributed by atoms with Gasteiger partial charge in [-0.05, 0) is 36.1 Å². The standard InChI is InChI=1S/C10H16BrN3/c1-13(2)4-5-14(3)10-6-9(11)7-12-8-10/h6-8H,4-5H2,1-3H3. The van der Waals surface area contributed by atoms with E-state index in [1.54, 1.807) is 6.20 Å². The van der Waals surface area contributed by atoms with Crippen LogP contribution in [-0.4, -0.2) is 44.1 Å². The van der Waals surface area contributed by atoms with Crippen LogP contribution in [0.3, 0.4) is 0 Å². The summed E-state index contributed by atoms with van der Waals surface area (Å²) < 4.78 is 1.02. The Kier molecular flexibility index (Phi) is 4.35. The number of halogens is 1. The molecule has 1 aromatic rings. The van der Waals surface area contributed by atoms with Crippen molar-refractivity contribution in [1.29, 1.82) is 0 Å². The van der Waals surface area contributed by atoms with Gasteiger partial charge in [-0.3, -0.25) is 4.98 Å². The van der Waals surface area contributed by atoms with Crippen molar-refractivity contribution in [1.82, 2.24) is 9.88 Å². The lowest BCUT2D eigenvalue weighted by atomic mass is 10.4. The second kappa shape index (κ2) is 5.32. The summed E-state index contributed by atoms with van der Waals surface area (Å²) in [7, 11) is 6.23. The Labute approximate surface area is 93.9 Å². The first-order chi connectivity index (χ1) is 6.59. The summed E-state index contributed by atoms with van der Waals surface area (Å²) in [5.74, 6) is 0. The molecule has 0 atom stereocenters. The fourth-order valence-corrected chi connectivity index (χ4v) is 1.44. The summed E-state index contributed by atoms with van der Waals surface area (Å²) >= 11 is 3.41. The van der Waals surface area contributed by atoms with Crippen molar-refractivity contribution >= 4 is 21.6 Å². The van der Waals surface area contributed by atoms with Crippen LogP contribution in [0.2, 0.25) is 0 Å². The molecule has 14 heavy (non-hydrogen) atoms. The third kappa shape index (κ3) is 3.64. The fourth-order valence-electron chi connectivity index (χ4n) is 1.09. The van der Waals surface area contributed by atoms with Gasteiger partial charge in [-0.1, -0.05) is 0 Å². The first kappa shape index (κ1) is 11.5. The summed E-state index contributed by atoms with van der Waals surface area (Å²) in [5, 5.41) is 0. The first-order valence-electron chi connectivity index (χ1n) is 4.56. The number of hydrogen-bond donors (Lipinski definition) is 0. The third-order valence-electron chi connectivity index (χ3n) is 2.01. The van der Waals surface area contributed by atoms with E-state index in [4.69, 9.17) is 0 Å². The molecule has 0 aromatic carbocycles. The van der Waals surface area contributed by atoms with Crippen LogP contribution in [-0.2, 0) is 0 Å². The van der Waals surface area contributed by atoms with Crippen molar-refractivity contribution in [2.45, 2.75) is 0 Å². The van der Waals surface area contributed by atoms with E-state index in [1.165, 1.54) is 0 Å². The molecule has 78 valence electrons. The average molecular weight is 258 g/mol. The minimum absolute atomic E-state index is 1.01. The summed E-state index contributed by atoms with van der Waals surface area (Å²) in [6, 6.07) is 2.07. The molecule has 0 amide bonds. The number of nitrogens with zero attached hydrogens (tertiary/aromatic N) is 3. The van der Waals surface area contributed by atoms with Crippen LogP contribution < -0.4 is 4.90 Å². The highest BCUT2D eigenvalue weighted by Crippen LogP contribution is 2.16. The quantitative estimate of drug-likeness (QED) is 0.821. The fraction of sp³-hybridized carbons (Fsp3) is 0.500. The van der Waals surface area contributed by atoms with Gasteiger partial charge in [0.05, 0.1) is 11.9 Å². The molecule has 1 rings (SSSR count). The van der Waals surface area contributed by atoms with Crippen molar-refractivity contribution in [3.63, 3.8) is 0 Å². The van der Waals surface area contributed by atoms with Crippen LogP contribution in [0, 0.1) is 0 Å². The van der Waals surface area contributed by atoms with E-state index in [1.807, 2.05) is 6.20 Å². The van der Waals surface area contributed by atoms with Gasteiger partial charge in [-0.2, -0.15) is 0 Å². The Morgan fingerprint density at radius 1 is 1.21 bits per heavy atom. The Morgan fingerprint density at radius 2 is 1.93 bits per heavy atom. The molecule has 0 bridgehead atoms. The van der Waals surface area contributed by atoms with Crippen molar-refractivity contribution in [3.8, 4) is 0 Å². The molecule has 3 nitrogen and oxygen atoms in total. The van der Waals surface area contributed by atoms with Crippen LogP contribution in [0.25, 0.3) is 0 Å². The molecule has 1 aromatic heterocycles. The zero-order valence-corrected chi connectivity index (χ0v) is 10.5. The SMILES string of the molecule is CN(C)CCN(C)c1cncc(Br)c1. The number of anilines is 1. The second-order valence-electron chi connectivity index (χ2n) is 3.59. The first-order valence-corrected chi connectivity index (χ1v) is 5.35. The molecule has 0 spiro atoms. The molecule has 0 radical (unpaired) electrons. The van der Waals surface area contributed by atoms with E-state index in [2.05, 4.69) is 57.9 Å². The summed E-state index contributed by atoms with van der Waals surface area (Å²) in [6.45, 7) is 2.05. The molecule has 0 aliphatic rings. The van der Waals surface area contributed by atoms with Gasteiger partial charge in [-0.15, -0.1) is 0 Å². The van der Waals surface area contributed by atoms with E-state index >= 15 is 0 Å². The maximum Gasteiger partial charge on any atom is 0.0561 e. The molecule has 0 saturated carbocycles. The molecule has 0 aliphatic heterocycles. The number of aromatic nitrogens is 1. The number of rotatable bonds is 4. The maximum atomic E-state index is 4.13. The summed E-state index contributed by atoms with van der Waals surface area (Å²) in [4.78, 5) is 8.49. The van der Waals surface area contributed by atoms with Gasteiger partial charge in [0.1, 0.15) is 0 Å². The monoisotopic (exact) mass is 257 g/mol. The third-order valence-corrected chi connectivity index (χ3v) is 2.45. The van der Waals surface area contributed by atoms with Gasteiger partial charge >= 0.3 is 0 Å². The van der Waals surface area contributed by atoms with Gasteiger partial charge in [-0.25, -0.2) is 0 Å². The van der Waals surface area contributed by atoms with Crippen molar-refractivity contribution in [3.05, 3.63) is 22.9 Å². The van der Waals surface area contributed by atoms with Crippen LogP contribution >= 0.6 is 15.9 Å². The normalized spacial score (nSPS) is 10.6. The molecule has 0 aliphatic carbocycles. The van der Waals surface area contributed by atoms with Crippen molar-refractivity contribution in [2.24, 2.45) is 0 Å². The van der Waals surface area contributed by atoms with Gasteiger partial charge in [0.15, 0.2) is 0 Å². The van der Waals surface area contributed by atoms with E-state index < -0.39 is 0 Å². The van der Waals surface area contributed by atoms with Gasteiger partial charge in [0, 0.05) is 30.8 Å². The highest BCUT2D eigenvalue weighted by Gasteiger charge is 2.01. The van der Waals surface area contributed by atoms with Crippen molar-refractivity contribution in [2.75, 3.05) is 39.1 Å². The summed E-state index contributed by atoms with van der Waals surface area (Å²) in [6.07, 6.45) is 3.67. The summed E-state index contributed by atoms with van der Waals surface area (Å²) in [5.41, 5.74) is 1.14. The largest absolute Gasteiger partial charge is 0.372 e. The van der Waals surface area contributed by atoms with Gasteiger partial charge < -0.3 is 9.80 Å². The molecule has 0 unspecified atom stereocenters. The second-order valence-corrected chi connectivity index (χ2v) is 4.50. The Hall–Kier alpha value is -0.610. The molecule has 0 fully saturated rings. The Morgan fingerprint density at radius 3 is 2.50 bits per heavy atom. The number of pyridine rings is 1. The Balaban J connectivity index is 2.56.